The molecule has 5 aromatic rings. The van der Waals surface area contributed by atoms with E-state index in [9.17, 15) is 34.8 Å². The van der Waals surface area contributed by atoms with Crippen molar-refractivity contribution in [1.82, 2.24) is 0 Å². The number of esters is 1. The van der Waals surface area contributed by atoms with Crippen LogP contribution in [-0.2, 0) is 4.79 Å². The van der Waals surface area contributed by atoms with E-state index in [4.69, 9.17) is 18.7 Å². The molecule has 0 saturated carbocycles. The molecule has 1 aliphatic rings. The number of hydrogen-bond donors (Lipinski definition) is 5. The minimum Gasteiger partial charge on any atom is -0.507 e. The molecule has 0 spiro atoms. The molecular formula is C29H18O11. The summed E-state index contributed by atoms with van der Waals surface area (Å²) in [4.78, 5) is 36.9. The van der Waals surface area contributed by atoms with Crippen molar-refractivity contribution in [2.45, 2.75) is 12.3 Å². The number of rotatable bonds is 4. The van der Waals surface area contributed by atoms with Gasteiger partial charge in [0.1, 0.15) is 34.0 Å². The van der Waals surface area contributed by atoms with Crippen LogP contribution in [0.5, 0.6) is 28.7 Å². The summed E-state index contributed by atoms with van der Waals surface area (Å²) in [5.41, 5.74) is -0.215. The molecule has 11 nitrogen and oxygen atoms in total. The smallest absolute Gasteiger partial charge is 0.335 e. The van der Waals surface area contributed by atoms with Crippen molar-refractivity contribution in [2.75, 3.05) is 0 Å². The number of furan rings is 1. The highest BCUT2D eigenvalue weighted by atomic mass is 16.5. The van der Waals surface area contributed by atoms with E-state index in [1.54, 1.807) is 24.3 Å². The van der Waals surface area contributed by atoms with Gasteiger partial charge in [0.2, 0.25) is 11.2 Å². The van der Waals surface area contributed by atoms with Crippen molar-refractivity contribution in [3.63, 3.8) is 0 Å². The Hall–Kier alpha value is -5.71. The van der Waals surface area contributed by atoms with Gasteiger partial charge in [-0.2, -0.15) is 0 Å². The molecule has 0 aliphatic carbocycles. The molecule has 0 amide bonds. The first-order valence-corrected chi connectivity index (χ1v) is 11.8. The Morgan fingerprint density at radius 2 is 1.52 bits per heavy atom. The second kappa shape index (κ2) is 8.95. The number of carbonyl (C=O) groups is 2. The highest BCUT2D eigenvalue weighted by Gasteiger charge is 2.36. The Balaban J connectivity index is 1.54. The maximum absolute atomic E-state index is 13.2. The zero-order chi connectivity index (χ0) is 28.3. The molecule has 1 atom stereocenters. The molecule has 1 aliphatic heterocycles. The van der Waals surface area contributed by atoms with Gasteiger partial charge in [-0.1, -0.05) is 12.1 Å². The van der Waals surface area contributed by atoms with E-state index in [0.29, 0.717) is 17.1 Å². The lowest BCUT2D eigenvalue weighted by molar-refractivity contribution is -0.135. The lowest BCUT2D eigenvalue weighted by Crippen LogP contribution is -2.21. The van der Waals surface area contributed by atoms with Crippen LogP contribution >= 0.6 is 0 Å². The zero-order valence-corrected chi connectivity index (χ0v) is 20.2. The first kappa shape index (κ1) is 24.6. The SMILES string of the molecule is O=C1CC(c2ccc(-c3ccc(C(=O)O)cc3)o2)c2c(cc(O)c3c(=O)c(O)c(-c4ccc(O)c(O)c4)oc23)O1. The van der Waals surface area contributed by atoms with Crippen LogP contribution in [0.1, 0.15) is 34.0 Å². The Morgan fingerprint density at radius 1 is 0.800 bits per heavy atom. The van der Waals surface area contributed by atoms with E-state index < -0.39 is 46.3 Å². The van der Waals surface area contributed by atoms with E-state index in [1.807, 2.05) is 0 Å². The lowest BCUT2D eigenvalue weighted by Gasteiger charge is -2.24. The number of aromatic hydroxyl groups is 4. The van der Waals surface area contributed by atoms with Crippen LogP contribution in [0.15, 0.2) is 74.3 Å². The van der Waals surface area contributed by atoms with Gasteiger partial charge < -0.3 is 39.1 Å². The largest absolute Gasteiger partial charge is 0.507 e. The van der Waals surface area contributed by atoms with E-state index in [1.165, 1.54) is 18.2 Å². The van der Waals surface area contributed by atoms with Gasteiger partial charge in [-0.05, 0) is 42.5 Å². The predicted octanol–water partition coefficient (Wildman–Crippen LogP) is 4.68. The summed E-state index contributed by atoms with van der Waals surface area (Å²) in [7, 11) is 0. The molecule has 3 aromatic carbocycles. The first-order chi connectivity index (χ1) is 19.1. The Kier molecular flexibility index (Phi) is 5.51. The zero-order valence-electron chi connectivity index (χ0n) is 20.2. The average molecular weight is 542 g/mol. The molecule has 11 heteroatoms. The van der Waals surface area contributed by atoms with Crippen LogP contribution in [0.4, 0.5) is 0 Å². The van der Waals surface area contributed by atoms with Gasteiger partial charge in [0.05, 0.1) is 17.9 Å². The molecule has 40 heavy (non-hydrogen) atoms. The fourth-order valence-electron chi connectivity index (χ4n) is 4.76. The molecule has 5 N–H and O–H groups in total. The minimum absolute atomic E-state index is 0.0540. The van der Waals surface area contributed by atoms with Gasteiger partial charge in [-0.3, -0.25) is 9.59 Å². The summed E-state index contributed by atoms with van der Waals surface area (Å²) in [6.45, 7) is 0. The summed E-state index contributed by atoms with van der Waals surface area (Å²) < 4.78 is 17.4. The molecule has 3 heterocycles. The van der Waals surface area contributed by atoms with Crippen molar-refractivity contribution in [3.8, 4) is 51.4 Å². The molecule has 1 unspecified atom stereocenters. The predicted molar refractivity (Wildman–Crippen MR) is 138 cm³/mol. The summed E-state index contributed by atoms with van der Waals surface area (Å²) in [6, 6.07) is 13.9. The summed E-state index contributed by atoms with van der Waals surface area (Å²) in [5, 5.41) is 49.7. The van der Waals surface area contributed by atoms with Crippen LogP contribution in [0.2, 0.25) is 0 Å². The fourth-order valence-corrected chi connectivity index (χ4v) is 4.76. The summed E-state index contributed by atoms with van der Waals surface area (Å²) in [6.07, 6.45) is -0.211. The minimum atomic E-state index is -1.08. The molecular weight excluding hydrogens is 524 g/mol. The second-order valence-corrected chi connectivity index (χ2v) is 9.14. The van der Waals surface area contributed by atoms with Crippen LogP contribution in [0.25, 0.3) is 33.6 Å². The number of carboxylic acids is 1. The van der Waals surface area contributed by atoms with Gasteiger partial charge in [0, 0.05) is 22.8 Å². The monoisotopic (exact) mass is 542 g/mol. The van der Waals surface area contributed by atoms with E-state index in [-0.39, 0.29) is 45.6 Å². The number of fused-ring (bicyclic) bond motifs is 3. The molecule has 0 saturated heterocycles. The number of phenolic OH excluding ortho intramolecular Hbond substituents is 3. The lowest BCUT2D eigenvalue weighted by atomic mass is 9.88. The van der Waals surface area contributed by atoms with Crippen molar-refractivity contribution < 1.29 is 48.7 Å². The highest BCUT2D eigenvalue weighted by Crippen LogP contribution is 2.48. The van der Waals surface area contributed by atoms with Gasteiger partial charge in [-0.25, -0.2) is 4.79 Å². The number of aromatic carboxylic acids is 1. The quantitative estimate of drug-likeness (QED) is 0.120. The number of phenols is 3. The van der Waals surface area contributed by atoms with Crippen molar-refractivity contribution in [1.29, 1.82) is 0 Å². The maximum atomic E-state index is 13.2. The maximum Gasteiger partial charge on any atom is 0.335 e. The number of hydrogen-bond acceptors (Lipinski definition) is 10. The average Bonchev–Trinajstić information content (AvgIpc) is 3.42. The van der Waals surface area contributed by atoms with Crippen molar-refractivity contribution in [3.05, 3.63) is 87.8 Å². The Bertz CT molecular complexity index is 1910. The van der Waals surface area contributed by atoms with Gasteiger partial charge in [0.15, 0.2) is 17.3 Å². The number of ether oxygens (including phenoxy) is 1. The summed E-state index contributed by atoms with van der Waals surface area (Å²) in [5.74, 6) is -4.69. The van der Waals surface area contributed by atoms with Crippen LogP contribution < -0.4 is 10.2 Å². The topological polar surface area (TPSA) is 188 Å². The standard InChI is InChI=1S/C29H18O11/c30-16-6-5-14(9-17(16)31)27-26(35)25(34)24-18(32)11-21-23(28(24)40-27)15(10-22(33)39-21)20-8-7-19(38-20)12-1-3-13(4-2-12)29(36)37/h1-9,11,15,30-32,35H,10H2,(H,36,37). The normalized spacial score (nSPS) is 14.6. The van der Waals surface area contributed by atoms with E-state index in [2.05, 4.69) is 0 Å². The van der Waals surface area contributed by atoms with Crippen LogP contribution in [0, 0.1) is 0 Å². The third kappa shape index (κ3) is 3.88. The van der Waals surface area contributed by atoms with Gasteiger partial charge >= 0.3 is 11.9 Å². The number of benzene rings is 3. The van der Waals surface area contributed by atoms with E-state index in [0.717, 1.165) is 18.2 Å². The third-order valence-corrected chi connectivity index (χ3v) is 6.69. The molecule has 200 valence electrons. The summed E-state index contributed by atoms with van der Waals surface area (Å²) >= 11 is 0. The van der Waals surface area contributed by atoms with E-state index >= 15 is 0 Å². The van der Waals surface area contributed by atoms with Gasteiger partial charge in [-0.15, -0.1) is 0 Å². The number of carboxylic acid groups (broad SMARTS) is 1. The van der Waals surface area contributed by atoms with Crippen molar-refractivity contribution in [2.24, 2.45) is 0 Å². The van der Waals surface area contributed by atoms with Crippen LogP contribution in [-0.4, -0.2) is 37.5 Å². The van der Waals surface area contributed by atoms with Gasteiger partial charge in [0.25, 0.3) is 0 Å². The molecule has 0 fully saturated rings. The molecule has 0 bridgehead atoms. The van der Waals surface area contributed by atoms with Crippen LogP contribution in [0.3, 0.4) is 0 Å². The Morgan fingerprint density at radius 3 is 2.23 bits per heavy atom. The second-order valence-electron chi connectivity index (χ2n) is 9.14. The Labute approximate surface area is 223 Å². The highest BCUT2D eigenvalue weighted by molar-refractivity contribution is 5.94. The molecule has 6 rings (SSSR count). The molecule has 0 radical (unpaired) electrons. The van der Waals surface area contributed by atoms with Crippen molar-refractivity contribution >= 4 is 22.9 Å². The molecule has 2 aromatic heterocycles. The first-order valence-electron chi connectivity index (χ1n) is 11.8. The fraction of sp³-hybridized carbons (Fsp3) is 0.0690. The third-order valence-electron chi connectivity index (χ3n) is 6.69. The number of carbonyl (C=O) groups excluding carboxylic acids is 1.